The Morgan fingerprint density at radius 2 is 1.96 bits per heavy atom. The standard InChI is InChI=1S/C17H18N6O4/c24-7-11-13(25)14(26)17(27-11)23-9-20-12-15(18-8-19-16(12)23)22-21-6-10-4-2-1-3-5-10/h1-6,8-9,11,13-14,17,24-26H,7H2,(H,18,19,22)/b21-6+. The molecule has 3 aromatic rings. The second-order valence-electron chi connectivity index (χ2n) is 6.06. The van der Waals surface area contributed by atoms with E-state index in [1.807, 2.05) is 30.3 Å². The molecular weight excluding hydrogens is 352 g/mol. The maximum Gasteiger partial charge on any atom is 0.177 e. The van der Waals surface area contributed by atoms with Gasteiger partial charge in [-0.1, -0.05) is 30.3 Å². The van der Waals surface area contributed by atoms with E-state index in [0.717, 1.165) is 5.56 Å². The van der Waals surface area contributed by atoms with Crippen LogP contribution in [0.5, 0.6) is 0 Å². The number of nitrogens with zero attached hydrogens (tertiary/aromatic N) is 5. The number of aliphatic hydroxyl groups excluding tert-OH is 3. The van der Waals surface area contributed by atoms with Gasteiger partial charge in [0, 0.05) is 0 Å². The highest BCUT2D eigenvalue weighted by atomic mass is 16.6. The van der Waals surface area contributed by atoms with E-state index in [1.165, 1.54) is 17.2 Å². The second kappa shape index (κ2) is 7.37. The van der Waals surface area contributed by atoms with Gasteiger partial charge in [0.2, 0.25) is 0 Å². The molecule has 2 aromatic heterocycles. The molecule has 0 radical (unpaired) electrons. The molecule has 1 aromatic carbocycles. The van der Waals surface area contributed by atoms with Gasteiger partial charge in [0.15, 0.2) is 23.2 Å². The summed E-state index contributed by atoms with van der Waals surface area (Å²) >= 11 is 0. The topological polar surface area (TPSA) is 138 Å². The van der Waals surface area contributed by atoms with E-state index in [9.17, 15) is 15.3 Å². The number of nitrogens with one attached hydrogen (secondary N) is 1. The van der Waals surface area contributed by atoms with Crippen LogP contribution >= 0.6 is 0 Å². The van der Waals surface area contributed by atoms with Crippen molar-refractivity contribution in [3.8, 4) is 0 Å². The summed E-state index contributed by atoms with van der Waals surface area (Å²) in [6.45, 7) is -0.405. The number of imidazole rings is 1. The number of anilines is 1. The highest BCUT2D eigenvalue weighted by Gasteiger charge is 2.44. The molecule has 10 heteroatoms. The van der Waals surface area contributed by atoms with Crippen LogP contribution in [0.15, 0.2) is 48.1 Å². The van der Waals surface area contributed by atoms with E-state index in [4.69, 9.17) is 4.74 Å². The number of hydrogen-bond acceptors (Lipinski definition) is 9. The SMILES string of the molecule is OCC1OC(n2cnc3c(N/N=C/c4ccccc4)ncnc32)C(O)C1O. The second-order valence-corrected chi connectivity index (χ2v) is 6.06. The first-order chi connectivity index (χ1) is 13.2. The van der Waals surface area contributed by atoms with Crippen molar-refractivity contribution in [1.29, 1.82) is 0 Å². The van der Waals surface area contributed by atoms with Crippen LogP contribution in [-0.2, 0) is 4.74 Å². The summed E-state index contributed by atoms with van der Waals surface area (Å²) in [4.78, 5) is 12.6. The Morgan fingerprint density at radius 1 is 1.15 bits per heavy atom. The normalized spacial score (nSPS) is 25.4. The third kappa shape index (κ3) is 3.26. The summed E-state index contributed by atoms with van der Waals surface area (Å²) in [5.41, 5.74) is 4.58. The first-order valence-electron chi connectivity index (χ1n) is 8.33. The Bertz CT molecular complexity index is 947. The molecule has 0 aliphatic carbocycles. The summed E-state index contributed by atoms with van der Waals surface area (Å²) in [6.07, 6.45) is 0.203. The molecule has 0 spiro atoms. The van der Waals surface area contributed by atoms with Crippen LogP contribution in [0.2, 0.25) is 0 Å². The van der Waals surface area contributed by atoms with Gasteiger partial charge in [0.05, 0.1) is 19.1 Å². The molecule has 4 N–H and O–H groups in total. The van der Waals surface area contributed by atoms with E-state index in [-0.39, 0.29) is 0 Å². The molecule has 27 heavy (non-hydrogen) atoms. The van der Waals surface area contributed by atoms with Crippen molar-refractivity contribution in [2.24, 2.45) is 5.10 Å². The zero-order valence-corrected chi connectivity index (χ0v) is 14.1. The number of aromatic nitrogens is 4. The first-order valence-corrected chi connectivity index (χ1v) is 8.33. The molecule has 0 amide bonds. The third-order valence-electron chi connectivity index (χ3n) is 4.33. The molecule has 10 nitrogen and oxygen atoms in total. The van der Waals surface area contributed by atoms with Gasteiger partial charge in [0.1, 0.15) is 24.6 Å². The highest BCUT2D eigenvalue weighted by molar-refractivity contribution is 5.84. The Labute approximate surface area is 153 Å². The lowest BCUT2D eigenvalue weighted by atomic mass is 10.1. The Morgan fingerprint density at radius 3 is 2.70 bits per heavy atom. The van der Waals surface area contributed by atoms with Gasteiger partial charge in [-0.05, 0) is 5.56 Å². The number of benzene rings is 1. The lowest BCUT2D eigenvalue weighted by molar-refractivity contribution is -0.0511. The largest absolute Gasteiger partial charge is 0.394 e. The number of hydrogen-bond donors (Lipinski definition) is 4. The van der Waals surface area contributed by atoms with Crippen molar-refractivity contribution >= 4 is 23.2 Å². The van der Waals surface area contributed by atoms with Crippen molar-refractivity contribution in [2.45, 2.75) is 24.5 Å². The van der Waals surface area contributed by atoms with Crippen molar-refractivity contribution < 1.29 is 20.1 Å². The lowest BCUT2D eigenvalue weighted by Gasteiger charge is -2.16. The van der Waals surface area contributed by atoms with E-state index in [1.54, 1.807) is 6.21 Å². The predicted octanol–water partition coefficient (Wildman–Crippen LogP) is -0.116. The smallest absolute Gasteiger partial charge is 0.177 e. The molecule has 1 saturated heterocycles. The molecule has 1 fully saturated rings. The molecule has 0 bridgehead atoms. The summed E-state index contributed by atoms with van der Waals surface area (Å²) < 4.78 is 7.02. The zero-order valence-electron chi connectivity index (χ0n) is 14.1. The van der Waals surface area contributed by atoms with Crippen molar-refractivity contribution in [3.05, 3.63) is 48.5 Å². The molecule has 4 atom stereocenters. The highest BCUT2D eigenvalue weighted by Crippen LogP contribution is 2.32. The number of hydrazone groups is 1. The minimum absolute atomic E-state index is 0.387. The van der Waals surface area contributed by atoms with E-state index < -0.39 is 31.1 Å². The van der Waals surface area contributed by atoms with Gasteiger partial charge in [-0.3, -0.25) is 9.99 Å². The van der Waals surface area contributed by atoms with E-state index >= 15 is 0 Å². The number of aliphatic hydroxyl groups is 3. The zero-order chi connectivity index (χ0) is 18.8. The molecule has 140 valence electrons. The fourth-order valence-corrected chi connectivity index (χ4v) is 2.94. The monoisotopic (exact) mass is 370 g/mol. The number of ether oxygens (including phenoxy) is 1. The van der Waals surface area contributed by atoms with Gasteiger partial charge < -0.3 is 20.1 Å². The first kappa shape index (κ1) is 17.5. The van der Waals surface area contributed by atoms with Crippen LogP contribution in [0, 0.1) is 0 Å². The van der Waals surface area contributed by atoms with Gasteiger partial charge in [0.25, 0.3) is 0 Å². The van der Waals surface area contributed by atoms with Crippen LogP contribution in [-0.4, -0.2) is 66.0 Å². The predicted molar refractivity (Wildman–Crippen MR) is 96.0 cm³/mol. The Hall–Kier alpha value is -2.92. The summed E-state index contributed by atoms with van der Waals surface area (Å²) in [6, 6.07) is 9.57. The third-order valence-corrected chi connectivity index (χ3v) is 4.33. The maximum absolute atomic E-state index is 10.2. The Kier molecular flexibility index (Phi) is 4.77. The minimum Gasteiger partial charge on any atom is -0.394 e. The van der Waals surface area contributed by atoms with Gasteiger partial charge in [-0.2, -0.15) is 5.10 Å². The molecular formula is C17H18N6O4. The van der Waals surface area contributed by atoms with Crippen LogP contribution in [0.1, 0.15) is 11.8 Å². The van der Waals surface area contributed by atoms with Gasteiger partial charge >= 0.3 is 0 Å². The number of rotatable bonds is 5. The molecule has 3 heterocycles. The summed E-state index contributed by atoms with van der Waals surface area (Å²) in [7, 11) is 0. The van der Waals surface area contributed by atoms with Crippen molar-refractivity contribution in [1.82, 2.24) is 19.5 Å². The summed E-state index contributed by atoms with van der Waals surface area (Å²) in [5, 5.41) is 33.6. The van der Waals surface area contributed by atoms with Crippen LogP contribution in [0.4, 0.5) is 5.82 Å². The van der Waals surface area contributed by atoms with Crippen LogP contribution in [0.25, 0.3) is 11.2 Å². The van der Waals surface area contributed by atoms with E-state index in [2.05, 4.69) is 25.5 Å². The molecule has 1 aliphatic heterocycles. The quantitative estimate of drug-likeness (QED) is 0.360. The summed E-state index contributed by atoms with van der Waals surface area (Å²) in [5.74, 6) is 0.387. The van der Waals surface area contributed by atoms with Crippen molar-refractivity contribution in [2.75, 3.05) is 12.0 Å². The van der Waals surface area contributed by atoms with Crippen LogP contribution < -0.4 is 5.43 Å². The molecule has 4 unspecified atom stereocenters. The average molecular weight is 370 g/mol. The molecule has 0 saturated carbocycles. The van der Waals surface area contributed by atoms with Crippen LogP contribution in [0.3, 0.4) is 0 Å². The van der Waals surface area contributed by atoms with Gasteiger partial charge in [-0.15, -0.1) is 0 Å². The average Bonchev–Trinajstić information content (AvgIpc) is 3.25. The Balaban J connectivity index is 1.60. The fraction of sp³-hybridized carbons (Fsp3) is 0.294. The van der Waals surface area contributed by atoms with Crippen molar-refractivity contribution in [3.63, 3.8) is 0 Å². The van der Waals surface area contributed by atoms with Gasteiger partial charge in [-0.25, -0.2) is 15.0 Å². The minimum atomic E-state index is -1.22. The molecule has 1 aliphatic rings. The number of fused-ring (bicyclic) bond motifs is 1. The van der Waals surface area contributed by atoms with E-state index in [0.29, 0.717) is 17.0 Å². The molecule has 4 rings (SSSR count). The fourth-order valence-electron chi connectivity index (χ4n) is 2.94. The lowest BCUT2D eigenvalue weighted by Crippen LogP contribution is -2.33. The maximum atomic E-state index is 10.2.